The number of aromatic nitrogens is 2. The van der Waals surface area contributed by atoms with Crippen molar-refractivity contribution in [2.75, 3.05) is 25.0 Å². The quantitative estimate of drug-likeness (QED) is 0.872. The molecule has 0 aromatic carbocycles. The van der Waals surface area contributed by atoms with Crippen molar-refractivity contribution in [2.45, 2.75) is 52.0 Å². The molecular formula is C13H24N4O. The van der Waals surface area contributed by atoms with Crippen LogP contribution in [0, 0.1) is 0 Å². The molecule has 1 aromatic heterocycles. The van der Waals surface area contributed by atoms with Gasteiger partial charge in [-0.05, 0) is 25.8 Å². The van der Waals surface area contributed by atoms with Crippen molar-refractivity contribution in [2.24, 2.45) is 0 Å². The first-order valence-electron chi connectivity index (χ1n) is 7.01. The molecule has 5 nitrogen and oxygen atoms in total. The van der Waals surface area contributed by atoms with Crippen molar-refractivity contribution in [3.05, 3.63) is 5.82 Å². The van der Waals surface area contributed by atoms with Crippen LogP contribution in [-0.4, -0.2) is 40.7 Å². The van der Waals surface area contributed by atoms with Gasteiger partial charge in [0.25, 0.3) is 0 Å². The zero-order valence-electron chi connectivity index (χ0n) is 11.6. The van der Waals surface area contributed by atoms with Crippen molar-refractivity contribution < 1.29 is 4.52 Å². The second kappa shape index (κ2) is 6.18. The molecule has 18 heavy (non-hydrogen) atoms. The van der Waals surface area contributed by atoms with Gasteiger partial charge in [-0.25, -0.2) is 0 Å². The van der Waals surface area contributed by atoms with Crippen molar-refractivity contribution >= 4 is 6.01 Å². The fraction of sp³-hybridized carbons (Fsp3) is 0.846. The lowest BCUT2D eigenvalue weighted by Gasteiger charge is -2.31. The molecule has 0 aliphatic carbocycles. The monoisotopic (exact) mass is 252 g/mol. The van der Waals surface area contributed by atoms with Crippen LogP contribution >= 0.6 is 0 Å². The minimum atomic E-state index is 0.315. The van der Waals surface area contributed by atoms with Gasteiger partial charge in [0, 0.05) is 25.0 Å². The number of rotatable bonds is 5. The Morgan fingerprint density at radius 3 is 2.67 bits per heavy atom. The van der Waals surface area contributed by atoms with Crippen LogP contribution in [0.1, 0.15) is 51.8 Å². The summed E-state index contributed by atoms with van der Waals surface area (Å²) in [4.78, 5) is 6.88. The highest BCUT2D eigenvalue weighted by atomic mass is 16.5. The number of likely N-dealkylation sites (tertiary alicyclic amines) is 1. The van der Waals surface area contributed by atoms with Crippen LogP contribution in [0.4, 0.5) is 6.01 Å². The number of nitrogens with one attached hydrogen (secondary N) is 1. The van der Waals surface area contributed by atoms with Crippen LogP contribution in [0.15, 0.2) is 4.52 Å². The summed E-state index contributed by atoms with van der Waals surface area (Å²) in [6.45, 7) is 9.91. The van der Waals surface area contributed by atoms with E-state index < -0.39 is 0 Å². The van der Waals surface area contributed by atoms with Gasteiger partial charge in [0.05, 0.1) is 0 Å². The first-order chi connectivity index (χ1) is 8.69. The number of hydrogen-bond acceptors (Lipinski definition) is 5. The first-order valence-corrected chi connectivity index (χ1v) is 7.01. The molecule has 5 heteroatoms. The maximum absolute atomic E-state index is 5.22. The van der Waals surface area contributed by atoms with Crippen LogP contribution in [0.3, 0.4) is 0 Å². The van der Waals surface area contributed by atoms with Gasteiger partial charge in [-0.15, -0.1) is 0 Å². The molecule has 0 unspecified atom stereocenters. The maximum atomic E-state index is 5.22. The summed E-state index contributed by atoms with van der Waals surface area (Å²) in [5, 5.41) is 7.32. The second-order valence-corrected chi connectivity index (χ2v) is 5.37. The molecule has 2 heterocycles. The van der Waals surface area contributed by atoms with Crippen LogP contribution < -0.4 is 5.32 Å². The molecule has 2 rings (SSSR count). The fourth-order valence-electron chi connectivity index (χ4n) is 2.32. The lowest BCUT2D eigenvalue weighted by atomic mass is 10.1. The van der Waals surface area contributed by atoms with Gasteiger partial charge in [0.2, 0.25) is 0 Å². The standard InChI is InChI=1S/C13H24N4O/c1-4-7-17-8-5-11(6-9-17)14-13-15-12(10(2)3)16-18-13/h10-11H,4-9H2,1-3H3,(H,14,15,16). The van der Waals surface area contributed by atoms with Gasteiger partial charge in [0.15, 0.2) is 5.82 Å². The number of piperidine rings is 1. The van der Waals surface area contributed by atoms with E-state index in [1.54, 1.807) is 0 Å². The molecular weight excluding hydrogens is 228 g/mol. The Morgan fingerprint density at radius 1 is 1.39 bits per heavy atom. The molecule has 1 aliphatic heterocycles. The Labute approximate surface area is 109 Å². The van der Waals surface area contributed by atoms with E-state index in [0.29, 0.717) is 18.0 Å². The predicted molar refractivity (Wildman–Crippen MR) is 71.8 cm³/mol. The van der Waals surface area contributed by atoms with E-state index in [9.17, 15) is 0 Å². The van der Waals surface area contributed by atoms with E-state index in [-0.39, 0.29) is 0 Å². The third-order valence-electron chi connectivity index (χ3n) is 3.41. The molecule has 1 fully saturated rings. The third-order valence-corrected chi connectivity index (χ3v) is 3.41. The van der Waals surface area contributed by atoms with Crippen molar-refractivity contribution in [1.82, 2.24) is 15.0 Å². The Balaban J connectivity index is 1.80. The number of anilines is 1. The highest BCUT2D eigenvalue weighted by Gasteiger charge is 2.20. The van der Waals surface area contributed by atoms with Crippen LogP contribution in [0.25, 0.3) is 0 Å². The lowest BCUT2D eigenvalue weighted by molar-refractivity contribution is 0.218. The molecule has 102 valence electrons. The minimum absolute atomic E-state index is 0.315. The molecule has 0 radical (unpaired) electrons. The molecule has 0 spiro atoms. The Bertz CT molecular complexity index is 356. The average Bonchev–Trinajstić information content (AvgIpc) is 2.81. The summed E-state index contributed by atoms with van der Waals surface area (Å²) < 4.78 is 5.22. The summed E-state index contributed by atoms with van der Waals surface area (Å²) >= 11 is 0. The Morgan fingerprint density at radius 2 is 2.11 bits per heavy atom. The van der Waals surface area contributed by atoms with E-state index >= 15 is 0 Å². The minimum Gasteiger partial charge on any atom is -0.335 e. The zero-order chi connectivity index (χ0) is 13.0. The van der Waals surface area contributed by atoms with Gasteiger partial charge in [-0.2, -0.15) is 4.98 Å². The summed E-state index contributed by atoms with van der Waals surface area (Å²) in [5.41, 5.74) is 0. The molecule has 0 saturated carbocycles. The van der Waals surface area contributed by atoms with Crippen molar-refractivity contribution in [1.29, 1.82) is 0 Å². The first kappa shape index (κ1) is 13.3. The van der Waals surface area contributed by atoms with Crippen LogP contribution in [0.5, 0.6) is 0 Å². The maximum Gasteiger partial charge on any atom is 0.321 e. The van der Waals surface area contributed by atoms with E-state index in [1.807, 2.05) is 0 Å². The summed E-state index contributed by atoms with van der Waals surface area (Å²) in [6.07, 6.45) is 3.54. The number of nitrogens with zero attached hydrogens (tertiary/aromatic N) is 3. The topological polar surface area (TPSA) is 54.2 Å². The summed E-state index contributed by atoms with van der Waals surface area (Å²) in [6, 6.07) is 1.05. The highest BCUT2D eigenvalue weighted by Crippen LogP contribution is 2.17. The van der Waals surface area contributed by atoms with Crippen LogP contribution in [-0.2, 0) is 0 Å². The highest BCUT2D eigenvalue weighted by molar-refractivity contribution is 5.21. The van der Waals surface area contributed by atoms with Gasteiger partial charge in [0.1, 0.15) is 0 Å². The molecule has 1 saturated heterocycles. The largest absolute Gasteiger partial charge is 0.335 e. The Kier molecular flexibility index (Phi) is 4.58. The Hall–Kier alpha value is -1.10. The van der Waals surface area contributed by atoms with Crippen LogP contribution in [0.2, 0.25) is 0 Å². The predicted octanol–water partition coefficient (Wildman–Crippen LogP) is 2.48. The van der Waals surface area contributed by atoms with Crippen molar-refractivity contribution in [3.8, 4) is 0 Å². The normalized spacial score (nSPS) is 18.4. The molecule has 1 aromatic rings. The zero-order valence-corrected chi connectivity index (χ0v) is 11.6. The van der Waals surface area contributed by atoms with E-state index in [2.05, 4.69) is 41.1 Å². The average molecular weight is 252 g/mol. The third kappa shape index (κ3) is 3.45. The molecule has 0 bridgehead atoms. The molecule has 1 N–H and O–H groups in total. The SMILES string of the molecule is CCCN1CCC(Nc2nc(C(C)C)no2)CC1. The van der Waals surface area contributed by atoms with E-state index in [1.165, 1.54) is 13.0 Å². The summed E-state index contributed by atoms with van der Waals surface area (Å²) in [7, 11) is 0. The fourth-order valence-corrected chi connectivity index (χ4v) is 2.32. The molecule has 0 atom stereocenters. The van der Waals surface area contributed by atoms with Gasteiger partial charge < -0.3 is 14.7 Å². The van der Waals surface area contributed by atoms with Gasteiger partial charge >= 0.3 is 6.01 Å². The number of hydrogen-bond donors (Lipinski definition) is 1. The molecule has 1 aliphatic rings. The summed E-state index contributed by atoms with van der Waals surface area (Å²) in [5.74, 6) is 1.09. The van der Waals surface area contributed by atoms with E-state index in [4.69, 9.17) is 4.52 Å². The smallest absolute Gasteiger partial charge is 0.321 e. The van der Waals surface area contributed by atoms with Crippen molar-refractivity contribution in [3.63, 3.8) is 0 Å². The lowest BCUT2D eigenvalue weighted by Crippen LogP contribution is -2.39. The van der Waals surface area contributed by atoms with E-state index in [0.717, 1.165) is 31.8 Å². The molecule has 0 amide bonds. The van der Waals surface area contributed by atoms with Gasteiger partial charge in [-0.1, -0.05) is 25.9 Å². The second-order valence-electron chi connectivity index (χ2n) is 5.37. The van der Waals surface area contributed by atoms with Gasteiger partial charge in [-0.3, -0.25) is 0 Å².